The number of carbonyl (C=O) groups excluding carboxylic acids is 2. The second-order valence-corrected chi connectivity index (χ2v) is 7.06. The van der Waals surface area contributed by atoms with Crippen molar-refractivity contribution in [2.75, 3.05) is 7.11 Å². The zero-order valence-corrected chi connectivity index (χ0v) is 17.2. The second-order valence-electron chi connectivity index (χ2n) is 6.66. The van der Waals surface area contributed by atoms with Crippen LogP contribution >= 0.6 is 11.6 Å². The van der Waals surface area contributed by atoms with E-state index in [2.05, 4.69) is 10.6 Å². The Labute approximate surface area is 178 Å². The fraction of sp³-hybridized carbons (Fsp3) is 0.286. The van der Waals surface area contributed by atoms with Gasteiger partial charge in [-0.05, 0) is 35.4 Å². The number of rotatable bonds is 9. The minimum absolute atomic E-state index is 0.0197. The van der Waals surface area contributed by atoms with Gasteiger partial charge in [-0.1, -0.05) is 29.8 Å². The van der Waals surface area contributed by atoms with Crippen molar-refractivity contribution < 1.29 is 28.6 Å². The van der Waals surface area contributed by atoms with E-state index in [0.29, 0.717) is 21.9 Å². The van der Waals surface area contributed by atoms with Gasteiger partial charge in [0.05, 0.1) is 12.1 Å². The molecule has 0 aliphatic carbocycles. The molecule has 0 aliphatic rings. The molecule has 2 amide bonds. The first-order valence-corrected chi connectivity index (χ1v) is 9.44. The van der Waals surface area contributed by atoms with Crippen molar-refractivity contribution in [3.63, 3.8) is 0 Å². The van der Waals surface area contributed by atoms with Crippen LogP contribution in [0.1, 0.15) is 18.1 Å². The molecule has 2 aromatic rings. The lowest BCUT2D eigenvalue weighted by molar-refractivity contribution is -0.142. The summed E-state index contributed by atoms with van der Waals surface area (Å²) in [6, 6.07) is 8.02. The van der Waals surface area contributed by atoms with E-state index in [-0.39, 0.29) is 12.8 Å². The number of carbonyl (C=O) groups is 3. The molecule has 2 atom stereocenters. The van der Waals surface area contributed by atoms with Gasteiger partial charge in [-0.15, -0.1) is 0 Å². The monoisotopic (exact) mass is 436 g/mol. The predicted molar refractivity (Wildman–Crippen MR) is 109 cm³/mol. The van der Waals surface area contributed by atoms with E-state index in [4.69, 9.17) is 16.3 Å². The third-order valence-corrected chi connectivity index (χ3v) is 4.61. The van der Waals surface area contributed by atoms with Crippen LogP contribution < -0.4 is 15.4 Å². The second kappa shape index (κ2) is 10.6. The highest BCUT2D eigenvalue weighted by molar-refractivity contribution is 6.32. The van der Waals surface area contributed by atoms with E-state index in [0.717, 1.165) is 0 Å². The van der Waals surface area contributed by atoms with Gasteiger partial charge in [0.15, 0.2) is 0 Å². The summed E-state index contributed by atoms with van der Waals surface area (Å²) in [4.78, 5) is 35.9. The minimum atomic E-state index is -1.24. The fourth-order valence-electron chi connectivity index (χ4n) is 2.86. The lowest BCUT2D eigenvalue weighted by atomic mass is 10.0. The Morgan fingerprint density at radius 1 is 1.03 bits per heavy atom. The number of benzene rings is 2. The van der Waals surface area contributed by atoms with Gasteiger partial charge in [-0.2, -0.15) is 0 Å². The molecule has 30 heavy (non-hydrogen) atoms. The lowest BCUT2D eigenvalue weighted by Gasteiger charge is -2.21. The standard InChI is InChI=1S/C21H22ClFN2O5/c1-12(26)24-17(10-13-3-6-15(23)7-4-13)20(27)25-18(21(28)29)11-14-5-8-19(30-2)16(22)9-14/h3-9,17-18H,10-11H2,1-2H3,(H,24,26)(H,25,27)(H,28,29)/t17-,18-/m1/s1. The van der Waals surface area contributed by atoms with Gasteiger partial charge in [0.2, 0.25) is 11.8 Å². The van der Waals surface area contributed by atoms with Gasteiger partial charge in [0.1, 0.15) is 23.7 Å². The van der Waals surface area contributed by atoms with Crippen molar-refractivity contribution in [1.82, 2.24) is 10.6 Å². The number of methoxy groups -OCH3 is 1. The van der Waals surface area contributed by atoms with Gasteiger partial charge < -0.3 is 20.5 Å². The normalized spacial score (nSPS) is 12.5. The minimum Gasteiger partial charge on any atom is -0.495 e. The Kier molecular flexibility index (Phi) is 8.17. The van der Waals surface area contributed by atoms with Crippen LogP contribution in [0.15, 0.2) is 42.5 Å². The maximum absolute atomic E-state index is 13.1. The van der Waals surface area contributed by atoms with Crippen LogP contribution in [0.2, 0.25) is 5.02 Å². The van der Waals surface area contributed by atoms with Crippen molar-refractivity contribution >= 4 is 29.4 Å². The third kappa shape index (κ3) is 6.73. The maximum atomic E-state index is 13.1. The molecule has 0 fully saturated rings. The first kappa shape index (κ1) is 23.2. The van der Waals surface area contributed by atoms with E-state index in [1.54, 1.807) is 18.2 Å². The number of carboxylic acids is 1. The molecule has 0 aromatic heterocycles. The predicted octanol–water partition coefficient (Wildman–Crippen LogP) is 2.35. The molecule has 0 unspecified atom stereocenters. The van der Waals surface area contributed by atoms with Crippen molar-refractivity contribution in [2.24, 2.45) is 0 Å². The van der Waals surface area contributed by atoms with Gasteiger partial charge in [-0.3, -0.25) is 9.59 Å². The zero-order chi connectivity index (χ0) is 22.3. The number of hydrogen-bond donors (Lipinski definition) is 3. The molecule has 160 valence electrons. The van der Waals surface area contributed by atoms with E-state index in [1.807, 2.05) is 0 Å². The molecular weight excluding hydrogens is 415 g/mol. The Bertz CT molecular complexity index is 920. The van der Waals surface area contributed by atoms with Crippen LogP contribution in [-0.2, 0) is 27.2 Å². The number of amides is 2. The Morgan fingerprint density at radius 2 is 1.63 bits per heavy atom. The number of aliphatic carboxylic acids is 1. The first-order chi connectivity index (χ1) is 14.2. The highest BCUT2D eigenvalue weighted by atomic mass is 35.5. The number of carboxylic acid groups (broad SMARTS) is 1. The number of halogens is 2. The summed E-state index contributed by atoms with van der Waals surface area (Å²) in [6.45, 7) is 1.25. The molecule has 0 saturated carbocycles. The fourth-order valence-corrected chi connectivity index (χ4v) is 3.14. The molecular formula is C21H22ClFN2O5. The number of hydrogen-bond acceptors (Lipinski definition) is 4. The Balaban J connectivity index is 2.14. The topological polar surface area (TPSA) is 105 Å². The summed E-state index contributed by atoms with van der Waals surface area (Å²) in [5.41, 5.74) is 1.20. The van der Waals surface area contributed by atoms with Gasteiger partial charge in [-0.25, -0.2) is 9.18 Å². The molecule has 0 radical (unpaired) electrons. The van der Waals surface area contributed by atoms with Crippen molar-refractivity contribution in [3.8, 4) is 5.75 Å². The van der Waals surface area contributed by atoms with Gasteiger partial charge in [0.25, 0.3) is 0 Å². The van der Waals surface area contributed by atoms with Crippen LogP contribution in [0.25, 0.3) is 0 Å². The van der Waals surface area contributed by atoms with E-state index >= 15 is 0 Å². The molecule has 0 spiro atoms. The quantitative estimate of drug-likeness (QED) is 0.559. The largest absolute Gasteiger partial charge is 0.495 e. The summed E-state index contributed by atoms with van der Waals surface area (Å²) < 4.78 is 18.2. The van der Waals surface area contributed by atoms with Crippen LogP contribution in [0.4, 0.5) is 4.39 Å². The molecule has 0 saturated heterocycles. The smallest absolute Gasteiger partial charge is 0.326 e. The molecule has 0 heterocycles. The molecule has 0 bridgehead atoms. The summed E-state index contributed by atoms with van der Waals surface area (Å²) in [6.07, 6.45) is 0.0561. The van der Waals surface area contributed by atoms with Crippen LogP contribution in [0.3, 0.4) is 0 Å². The summed E-state index contributed by atoms with van der Waals surface area (Å²) in [7, 11) is 1.46. The van der Waals surface area contributed by atoms with Crippen molar-refractivity contribution in [3.05, 3.63) is 64.4 Å². The van der Waals surface area contributed by atoms with E-state index in [1.165, 1.54) is 38.3 Å². The van der Waals surface area contributed by atoms with E-state index in [9.17, 15) is 23.9 Å². The van der Waals surface area contributed by atoms with Gasteiger partial charge >= 0.3 is 5.97 Å². The highest BCUT2D eigenvalue weighted by Crippen LogP contribution is 2.25. The summed E-state index contributed by atoms with van der Waals surface area (Å²) in [5.74, 6) is -2.34. The van der Waals surface area contributed by atoms with Crippen LogP contribution in [0.5, 0.6) is 5.75 Å². The van der Waals surface area contributed by atoms with E-state index < -0.39 is 35.7 Å². The first-order valence-electron chi connectivity index (χ1n) is 9.06. The molecule has 7 nitrogen and oxygen atoms in total. The number of nitrogens with one attached hydrogen (secondary N) is 2. The summed E-state index contributed by atoms with van der Waals surface area (Å²) >= 11 is 6.07. The van der Waals surface area contributed by atoms with Crippen LogP contribution in [-0.4, -0.2) is 42.1 Å². The van der Waals surface area contributed by atoms with Crippen molar-refractivity contribution in [1.29, 1.82) is 0 Å². The highest BCUT2D eigenvalue weighted by Gasteiger charge is 2.26. The Hall–Kier alpha value is -3.13. The SMILES string of the molecule is COc1ccc(C[C@@H](NC(=O)[C@@H](Cc2ccc(F)cc2)NC(C)=O)C(=O)O)cc1Cl. The van der Waals surface area contributed by atoms with Crippen molar-refractivity contribution in [2.45, 2.75) is 31.8 Å². The third-order valence-electron chi connectivity index (χ3n) is 4.32. The summed E-state index contributed by atoms with van der Waals surface area (Å²) in [5, 5.41) is 14.8. The molecule has 3 N–H and O–H groups in total. The van der Waals surface area contributed by atoms with Crippen LogP contribution in [0, 0.1) is 5.82 Å². The molecule has 2 aromatic carbocycles. The average molecular weight is 437 g/mol. The zero-order valence-electron chi connectivity index (χ0n) is 16.4. The molecule has 9 heteroatoms. The molecule has 0 aliphatic heterocycles. The Morgan fingerprint density at radius 3 is 2.17 bits per heavy atom. The molecule has 2 rings (SSSR count). The number of ether oxygens (including phenoxy) is 1. The van der Waals surface area contributed by atoms with Gasteiger partial charge in [0, 0.05) is 19.8 Å². The average Bonchev–Trinajstić information content (AvgIpc) is 2.68. The lowest BCUT2D eigenvalue weighted by Crippen LogP contribution is -2.52. The maximum Gasteiger partial charge on any atom is 0.326 e.